The van der Waals surface area contributed by atoms with Crippen molar-refractivity contribution in [1.82, 2.24) is 9.55 Å². The highest BCUT2D eigenvalue weighted by atomic mass is 16.1. The first-order valence-electron chi connectivity index (χ1n) is 13.9. The van der Waals surface area contributed by atoms with Gasteiger partial charge in [0.2, 0.25) is 5.95 Å². The zero-order chi connectivity index (χ0) is 26.0. The minimum Gasteiger partial charge on any atom is -0.362 e. The number of nitrogens with one attached hydrogen (secondary N) is 1. The molecule has 2 unspecified atom stereocenters. The van der Waals surface area contributed by atoms with Gasteiger partial charge in [0.15, 0.2) is 5.78 Å². The number of hydrogen-bond acceptors (Lipinski definition) is 4. The van der Waals surface area contributed by atoms with Crippen molar-refractivity contribution < 1.29 is 4.79 Å². The van der Waals surface area contributed by atoms with Gasteiger partial charge in [-0.25, -0.2) is 4.98 Å². The summed E-state index contributed by atoms with van der Waals surface area (Å²) < 4.78 is 2.25. The van der Waals surface area contributed by atoms with E-state index in [-0.39, 0.29) is 17.4 Å². The average Bonchev–Trinajstić information content (AvgIpc) is 3.28. The molecule has 1 aliphatic carbocycles. The van der Waals surface area contributed by atoms with E-state index in [4.69, 9.17) is 4.98 Å². The predicted octanol–water partition coefficient (Wildman–Crippen LogP) is 7.35. The van der Waals surface area contributed by atoms with E-state index in [0.717, 1.165) is 54.1 Å². The molecule has 2 aliphatic heterocycles. The van der Waals surface area contributed by atoms with Crippen LogP contribution in [0.25, 0.3) is 11.0 Å². The number of hydrogen-bond donors (Lipinski definition) is 1. The second-order valence-corrected chi connectivity index (χ2v) is 11.8. The first-order valence-corrected chi connectivity index (χ1v) is 13.9. The van der Waals surface area contributed by atoms with Crippen LogP contribution in [0, 0.1) is 0 Å². The third kappa shape index (κ3) is 3.59. The number of benzene rings is 3. The van der Waals surface area contributed by atoms with Crippen LogP contribution in [0.1, 0.15) is 75.1 Å². The predicted molar refractivity (Wildman–Crippen MR) is 154 cm³/mol. The quantitative estimate of drug-likeness (QED) is 0.318. The maximum Gasteiger partial charge on any atom is 0.209 e. The van der Waals surface area contributed by atoms with Gasteiger partial charge < -0.3 is 10.2 Å². The Hall–Kier alpha value is -3.86. The van der Waals surface area contributed by atoms with Crippen molar-refractivity contribution in [1.29, 1.82) is 0 Å². The number of aromatic nitrogens is 2. The highest BCUT2D eigenvalue weighted by Gasteiger charge is 2.39. The summed E-state index contributed by atoms with van der Waals surface area (Å²) in [5, 5.41) is 3.54. The number of Topliss-reactive ketones (excluding diaryl/α,β-unsaturated/α-hetero) is 1. The molecule has 2 atom stereocenters. The van der Waals surface area contributed by atoms with Crippen LogP contribution < -0.4 is 10.2 Å². The van der Waals surface area contributed by atoms with Gasteiger partial charge in [0, 0.05) is 35.5 Å². The molecule has 192 valence electrons. The van der Waals surface area contributed by atoms with Crippen molar-refractivity contribution in [3.05, 3.63) is 101 Å². The molecule has 3 heterocycles. The summed E-state index contributed by atoms with van der Waals surface area (Å²) in [5.41, 5.74) is 9.17. The fourth-order valence-electron chi connectivity index (χ4n) is 7.03. The molecule has 0 amide bonds. The molecule has 5 heteroatoms. The lowest BCUT2D eigenvalue weighted by molar-refractivity contribution is -0.116. The Morgan fingerprint density at radius 2 is 1.79 bits per heavy atom. The van der Waals surface area contributed by atoms with E-state index in [0.29, 0.717) is 12.3 Å². The first-order chi connectivity index (χ1) is 18.4. The molecular weight excluding hydrogens is 468 g/mol. The molecule has 3 aromatic carbocycles. The summed E-state index contributed by atoms with van der Waals surface area (Å²) in [4.78, 5) is 20.9. The SMILES string of the molecule is CC1CC(C)(C)N(Cc2ccccc2)c2ccc(C3C4=C(CCCC4=O)Nc4nc5ccccc5n43)cc21. The van der Waals surface area contributed by atoms with Crippen LogP contribution in [0.15, 0.2) is 84.1 Å². The number of fused-ring (bicyclic) bond motifs is 4. The van der Waals surface area contributed by atoms with Crippen molar-refractivity contribution in [3.8, 4) is 0 Å². The van der Waals surface area contributed by atoms with Crippen LogP contribution in [0.4, 0.5) is 11.6 Å². The third-order valence-corrected chi connectivity index (χ3v) is 8.76. The summed E-state index contributed by atoms with van der Waals surface area (Å²) in [5.74, 6) is 1.51. The third-order valence-electron chi connectivity index (χ3n) is 8.76. The summed E-state index contributed by atoms with van der Waals surface area (Å²) in [6.45, 7) is 7.95. The second kappa shape index (κ2) is 8.59. The molecule has 0 saturated carbocycles. The maximum absolute atomic E-state index is 13.4. The molecule has 7 rings (SSSR count). The number of allylic oxidation sites excluding steroid dienone is 2. The lowest BCUT2D eigenvalue weighted by Gasteiger charge is -2.48. The van der Waals surface area contributed by atoms with Gasteiger partial charge in [-0.1, -0.05) is 61.5 Å². The normalized spacial score (nSPS) is 22.1. The van der Waals surface area contributed by atoms with Crippen LogP contribution in [0.3, 0.4) is 0 Å². The molecule has 0 saturated heterocycles. The Morgan fingerprint density at radius 3 is 2.63 bits per heavy atom. The van der Waals surface area contributed by atoms with Gasteiger partial charge >= 0.3 is 0 Å². The fraction of sp³-hybridized carbons (Fsp3) is 0.333. The maximum atomic E-state index is 13.4. The number of ketones is 1. The highest BCUT2D eigenvalue weighted by Crippen LogP contribution is 2.48. The second-order valence-electron chi connectivity index (χ2n) is 11.8. The van der Waals surface area contributed by atoms with Crippen LogP contribution in [0.2, 0.25) is 0 Å². The minimum absolute atomic E-state index is 0.0429. The van der Waals surface area contributed by atoms with E-state index < -0.39 is 0 Å². The van der Waals surface area contributed by atoms with Gasteiger partial charge in [0.05, 0.1) is 17.1 Å². The van der Waals surface area contributed by atoms with E-state index in [1.807, 2.05) is 6.07 Å². The molecule has 4 aromatic rings. The van der Waals surface area contributed by atoms with Gasteiger partial charge in [-0.05, 0) is 73.9 Å². The van der Waals surface area contributed by atoms with E-state index in [1.165, 1.54) is 22.4 Å². The van der Waals surface area contributed by atoms with Crippen molar-refractivity contribution in [2.45, 2.75) is 70.5 Å². The molecule has 0 bridgehead atoms. The highest BCUT2D eigenvalue weighted by molar-refractivity contribution is 6.00. The van der Waals surface area contributed by atoms with Crippen molar-refractivity contribution >= 4 is 28.5 Å². The van der Waals surface area contributed by atoms with Crippen LogP contribution in [0.5, 0.6) is 0 Å². The van der Waals surface area contributed by atoms with Crippen LogP contribution in [-0.4, -0.2) is 20.9 Å². The van der Waals surface area contributed by atoms with Crippen molar-refractivity contribution in [2.75, 3.05) is 10.2 Å². The molecule has 1 aromatic heterocycles. The largest absolute Gasteiger partial charge is 0.362 e. The number of nitrogens with zero attached hydrogens (tertiary/aromatic N) is 3. The zero-order valence-electron chi connectivity index (χ0n) is 22.4. The van der Waals surface area contributed by atoms with Gasteiger partial charge in [0.25, 0.3) is 0 Å². The molecule has 5 nitrogen and oxygen atoms in total. The number of carbonyl (C=O) groups excluding carboxylic acids is 1. The standard InChI is InChI=1S/C33H34N4O/c1-21-19-33(2,3)36(20-22-10-5-4-6-11-22)27-17-16-23(18-24(21)27)31-30-26(13-9-15-29(30)38)35-32-34-25-12-7-8-14-28(25)37(31)32/h4-8,10-12,14,16-18,21,31H,9,13,15,19-20H2,1-3H3,(H,34,35). The van der Waals surface area contributed by atoms with Crippen molar-refractivity contribution in [3.63, 3.8) is 0 Å². The molecule has 1 N–H and O–H groups in total. The number of imidazole rings is 1. The smallest absolute Gasteiger partial charge is 0.209 e. The zero-order valence-corrected chi connectivity index (χ0v) is 22.4. The lowest BCUT2D eigenvalue weighted by Crippen LogP contribution is -2.47. The fourth-order valence-corrected chi connectivity index (χ4v) is 7.03. The number of carbonyl (C=O) groups is 1. The Morgan fingerprint density at radius 1 is 1.00 bits per heavy atom. The number of para-hydroxylation sites is 2. The lowest BCUT2D eigenvalue weighted by atomic mass is 9.78. The van der Waals surface area contributed by atoms with E-state index in [2.05, 4.69) is 102 Å². The minimum atomic E-state index is -0.170. The van der Waals surface area contributed by atoms with Crippen molar-refractivity contribution in [2.24, 2.45) is 0 Å². The Kier molecular flexibility index (Phi) is 5.26. The summed E-state index contributed by atoms with van der Waals surface area (Å²) in [6.07, 6.45) is 3.47. The summed E-state index contributed by atoms with van der Waals surface area (Å²) in [6, 6.07) is 25.8. The molecule has 0 fully saturated rings. The van der Waals surface area contributed by atoms with Crippen LogP contribution in [-0.2, 0) is 11.3 Å². The van der Waals surface area contributed by atoms with Gasteiger partial charge in [-0.15, -0.1) is 0 Å². The van der Waals surface area contributed by atoms with Gasteiger partial charge in [0.1, 0.15) is 0 Å². The molecular formula is C33H34N4O. The Balaban J connectivity index is 1.39. The van der Waals surface area contributed by atoms with E-state index in [1.54, 1.807) is 0 Å². The molecule has 3 aliphatic rings. The van der Waals surface area contributed by atoms with Gasteiger partial charge in [-0.2, -0.15) is 0 Å². The average molecular weight is 503 g/mol. The summed E-state index contributed by atoms with van der Waals surface area (Å²) >= 11 is 0. The Labute approximate surface area is 224 Å². The van der Waals surface area contributed by atoms with Crippen LogP contribution >= 0.6 is 0 Å². The van der Waals surface area contributed by atoms with Gasteiger partial charge in [-0.3, -0.25) is 9.36 Å². The number of anilines is 2. The van der Waals surface area contributed by atoms with E-state index >= 15 is 0 Å². The topological polar surface area (TPSA) is 50.2 Å². The molecule has 38 heavy (non-hydrogen) atoms. The molecule has 0 spiro atoms. The Bertz CT molecular complexity index is 1600. The first kappa shape index (κ1) is 23.3. The monoisotopic (exact) mass is 502 g/mol. The number of rotatable bonds is 3. The molecule has 0 radical (unpaired) electrons. The van der Waals surface area contributed by atoms with E-state index in [9.17, 15) is 4.79 Å². The summed E-state index contributed by atoms with van der Waals surface area (Å²) in [7, 11) is 0.